The van der Waals surface area contributed by atoms with Gasteiger partial charge in [0.15, 0.2) is 0 Å². The van der Waals surface area contributed by atoms with E-state index in [2.05, 4.69) is 42.0 Å². The normalized spacial score (nSPS) is 32.6. The number of halogens is 2. The summed E-state index contributed by atoms with van der Waals surface area (Å²) in [6.07, 6.45) is 3.72. The average Bonchev–Trinajstić information content (AvgIpc) is 2.66. The van der Waals surface area contributed by atoms with Crippen molar-refractivity contribution in [3.63, 3.8) is 0 Å². The Morgan fingerprint density at radius 3 is 2.78 bits per heavy atom. The summed E-state index contributed by atoms with van der Waals surface area (Å²) in [6.45, 7) is 6.82. The van der Waals surface area contributed by atoms with E-state index in [1.54, 1.807) is 6.07 Å². The first-order valence-electron chi connectivity index (χ1n) is 6.62. The van der Waals surface area contributed by atoms with Gasteiger partial charge in [0.25, 0.3) is 0 Å². The van der Waals surface area contributed by atoms with Crippen LogP contribution in [0.15, 0.2) is 16.6 Å². The van der Waals surface area contributed by atoms with Crippen LogP contribution in [0.4, 0.5) is 10.1 Å². The fraction of sp³-hybridized carbons (Fsp3) is 0.600. The molecule has 0 aromatic heterocycles. The molecule has 0 radical (unpaired) electrons. The minimum Gasteiger partial charge on any atom is -0.380 e. The number of hydrogen-bond acceptors (Lipinski definition) is 1. The topological polar surface area (TPSA) is 12.0 Å². The van der Waals surface area contributed by atoms with Crippen LogP contribution in [0.1, 0.15) is 45.6 Å². The Morgan fingerprint density at radius 1 is 1.33 bits per heavy atom. The van der Waals surface area contributed by atoms with E-state index in [-0.39, 0.29) is 16.8 Å². The zero-order valence-corrected chi connectivity index (χ0v) is 12.7. The number of rotatable bonds is 0. The highest BCUT2D eigenvalue weighted by atomic mass is 79.9. The van der Waals surface area contributed by atoms with E-state index >= 15 is 0 Å². The van der Waals surface area contributed by atoms with Gasteiger partial charge in [-0.1, -0.05) is 13.3 Å². The van der Waals surface area contributed by atoms with Crippen molar-refractivity contribution in [3.05, 3.63) is 28.0 Å². The van der Waals surface area contributed by atoms with Gasteiger partial charge < -0.3 is 5.32 Å². The molecule has 1 aromatic carbocycles. The lowest BCUT2D eigenvalue weighted by Gasteiger charge is -2.49. The molecule has 2 atom stereocenters. The largest absolute Gasteiger partial charge is 0.380 e. The van der Waals surface area contributed by atoms with Gasteiger partial charge in [-0.05, 0) is 71.6 Å². The molecular weight excluding hydrogens is 293 g/mol. The quantitative estimate of drug-likeness (QED) is 0.722. The van der Waals surface area contributed by atoms with Crippen molar-refractivity contribution in [1.29, 1.82) is 0 Å². The van der Waals surface area contributed by atoms with Crippen molar-refractivity contribution in [3.8, 4) is 0 Å². The predicted molar refractivity (Wildman–Crippen MR) is 76.5 cm³/mol. The van der Waals surface area contributed by atoms with Gasteiger partial charge in [-0.2, -0.15) is 0 Å². The summed E-state index contributed by atoms with van der Waals surface area (Å²) in [7, 11) is 0. The van der Waals surface area contributed by atoms with E-state index in [1.807, 2.05) is 6.07 Å². The van der Waals surface area contributed by atoms with E-state index in [4.69, 9.17) is 0 Å². The van der Waals surface area contributed by atoms with Crippen LogP contribution in [0.2, 0.25) is 0 Å². The maximum Gasteiger partial charge on any atom is 0.139 e. The maximum atomic E-state index is 13.7. The van der Waals surface area contributed by atoms with Crippen molar-refractivity contribution in [2.75, 3.05) is 5.32 Å². The van der Waals surface area contributed by atoms with Crippen molar-refractivity contribution in [1.82, 2.24) is 0 Å². The highest BCUT2D eigenvalue weighted by Crippen LogP contribution is 2.56. The number of benzene rings is 1. The molecule has 3 heteroatoms. The Bertz CT molecular complexity index is 511. The van der Waals surface area contributed by atoms with Gasteiger partial charge in [0.05, 0.1) is 4.47 Å². The summed E-state index contributed by atoms with van der Waals surface area (Å²) in [5, 5.41) is 3.54. The molecule has 1 saturated carbocycles. The van der Waals surface area contributed by atoms with Gasteiger partial charge in [-0.3, -0.25) is 0 Å². The SMILES string of the molecule is CC1(C)Nc2cc(F)c(Br)cc2C2(C)CCCC12. The molecule has 0 spiro atoms. The first-order valence-corrected chi connectivity index (χ1v) is 7.41. The molecule has 18 heavy (non-hydrogen) atoms. The summed E-state index contributed by atoms with van der Waals surface area (Å²) < 4.78 is 14.3. The van der Waals surface area contributed by atoms with Gasteiger partial charge >= 0.3 is 0 Å². The third-order valence-electron chi connectivity index (χ3n) is 4.96. The Balaban J connectivity index is 2.23. The van der Waals surface area contributed by atoms with E-state index < -0.39 is 0 Å². The van der Waals surface area contributed by atoms with E-state index in [9.17, 15) is 4.39 Å². The van der Waals surface area contributed by atoms with Crippen molar-refractivity contribution in [2.24, 2.45) is 5.92 Å². The van der Waals surface area contributed by atoms with Crippen LogP contribution in [-0.2, 0) is 5.41 Å². The summed E-state index contributed by atoms with van der Waals surface area (Å²) >= 11 is 3.32. The highest BCUT2D eigenvalue weighted by Gasteiger charge is 2.51. The van der Waals surface area contributed by atoms with Gasteiger partial charge in [0.2, 0.25) is 0 Å². The molecule has 0 bridgehead atoms. The fourth-order valence-corrected chi connectivity index (χ4v) is 4.55. The van der Waals surface area contributed by atoms with Crippen LogP contribution in [0.5, 0.6) is 0 Å². The molecule has 3 rings (SSSR count). The zero-order chi connectivity index (χ0) is 13.1. The van der Waals surface area contributed by atoms with Crippen molar-refractivity contribution < 1.29 is 4.39 Å². The van der Waals surface area contributed by atoms with Crippen LogP contribution in [0, 0.1) is 11.7 Å². The van der Waals surface area contributed by atoms with Crippen LogP contribution in [0.3, 0.4) is 0 Å². The molecule has 0 amide bonds. The van der Waals surface area contributed by atoms with Crippen LogP contribution in [-0.4, -0.2) is 5.54 Å². The molecule has 1 aliphatic carbocycles. The first kappa shape index (κ1) is 12.5. The summed E-state index contributed by atoms with van der Waals surface area (Å²) in [5.41, 5.74) is 2.47. The zero-order valence-electron chi connectivity index (χ0n) is 11.1. The second-order valence-electron chi connectivity index (χ2n) is 6.52. The second kappa shape index (κ2) is 3.72. The smallest absolute Gasteiger partial charge is 0.139 e. The second-order valence-corrected chi connectivity index (χ2v) is 7.38. The number of nitrogens with one attached hydrogen (secondary N) is 1. The maximum absolute atomic E-state index is 13.7. The average molecular weight is 312 g/mol. The van der Waals surface area contributed by atoms with Gasteiger partial charge in [-0.15, -0.1) is 0 Å². The fourth-order valence-electron chi connectivity index (χ4n) is 4.20. The Labute approximate surface area is 116 Å². The standard InChI is InChI=1S/C15H19BrFN/c1-14(2)13-5-4-6-15(13,3)9-7-10(16)11(17)8-12(9)18-14/h7-8,13,18H,4-6H2,1-3H3. The monoisotopic (exact) mass is 311 g/mol. The summed E-state index contributed by atoms with van der Waals surface area (Å²) in [6, 6.07) is 3.62. The molecule has 1 aromatic rings. The lowest BCUT2D eigenvalue weighted by molar-refractivity contribution is 0.230. The summed E-state index contributed by atoms with van der Waals surface area (Å²) in [5.74, 6) is 0.437. The molecule has 0 saturated heterocycles. The van der Waals surface area contributed by atoms with Gasteiger partial charge in [-0.25, -0.2) is 4.39 Å². The van der Waals surface area contributed by atoms with Crippen LogP contribution >= 0.6 is 15.9 Å². The molecule has 2 unspecified atom stereocenters. The minimum absolute atomic E-state index is 0.0402. The molecular formula is C15H19BrFN. The Morgan fingerprint density at radius 2 is 2.06 bits per heavy atom. The van der Waals surface area contributed by atoms with Crippen molar-refractivity contribution in [2.45, 2.75) is 51.0 Å². The Kier molecular flexibility index (Phi) is 2.58. The van der Waals surface area contributed by atoms with Crippen molar-refractivity contribution >= 4 is 21.6 Å². The molecule has 1 N–H and O–H groups in total. The minimum atomic E-state index is -0.183. The van der Waals surface area contributed by atoms with Crippen LogP contribution in [0.25, 0.3) is 0 Å². The molecule has 1 aliphatic heterocycles. The number of fused-ring (bicyclic) bond motifs is 3. The summed E-state index contributed by atoms with van der Waals surface area (Å²) in [4.78, 5) is 0. The van der Waals surface area contributed by atoms with E-state index in [0.29, 0.717) is 10.4 Å². The number of hydrogen-bond donors (Lipinski definition) is 1. The Hall–Kier alpha value is -0.570. The lowest BCUT2D eigenvalue weighted by Crippen LogP contribution is -2.51. The molecule has 98 valence electrons. The van der Waals surface area contributed by atoms with E-state index in [0.717, 1.165) is 5.69 Å². The van der Waals surface area contributed by atoms with Gasteiger partial charge in [0, 0.05) is 11.2 Å². The van der Waals surface area contributed by atoms with Gasteiger partial charge in [0.1, 0.15) is 5.82 Å². The molecule has 1 nitrogen and oxygen atoms in total. The third kappa shape index (κ3) is 1.56. The molecule has 1 fully saturated rings. The number of anilines is 1. The molecule has 1 heterocycles. The highest BCUT2D eigenvalue weighted by molar-refractivity contribution is 9.10. The van der Waals surface area contributed by atoms with E-state index in [1.165, 1.54) is 24.8 Å². The lowest BCUT2D eigenvalue weighted by atomic mass is 9.63. The first-order chi connectivity index (χ1) is 8.34. The third-order valence-corrected chi connectivity index (χ3v) is 5.57. The predicted octanol–water partition coefficient (Wildman–Crippen LogP) is 4.85. The van der Waals surface area contributed by atoms with Crippen LogP contribution < -0.4 is 5.32 Å². The molecule has 2 aliphatic rings.